The summed E-state index contributed by atoms with van der Waals surface area (Å²) in [5.41, 5.74) is 0.531. The lowest BCUT2D eigenvalue weighted by Gasteiger charge is -2.16. The Morgan fingerprint density at radius 1 is 1.14 bits per heavy atom. The largest absolute Gasteiger partial charge is 0.490 e. The van der Waals surface area contributed by atoms with Crippen molar-refractivity contribution in [2.45, 2.75) is 20.0 Å². The molecule has 1 unspecified atom stereocenters. The van der Waals surface area contributed by atoms with Crippen molar-refractivity contribution >= 4 is 17.4 Å². The summed E-state index contributed by atoms with van der Waals surface area (Å²) < 4.78 is 11.2. The zero-order valence-electron chi connectivity index (χ0n) is 12.0. The molecule has 0 heterocycles. The number of carbonyl (C=O) groups is 1. The average molecular weight is 305 g/mol. The number of para-hydroxylation sites is 2. The van der Waals surface area contributed by atoms with Crippen LogP contribution < -0.4 is 9.47 Å². The van der Waals surface area contributed by atoms with Crippen molar-refractivity contribution < 1.29 is 14.3 Å². The Morgan fingerprint density at radius 3 is 2.52 bits per heavy atom. The maximum Gasteiger partial charge on any atom is 0.203 e. The van der Waals surface area contributed by atoms with Crippen molar-refractivity contribution in [3.8, 4) is 11.5 Å². The Labute approximate surface area is 129 Å². The fraction of sp³-hybridized carbons (Fsp3) is 0.235. The molecule has 2 aromatic rings. The van der Waals surface area contributed by atoms with Crippen LogP contribution in [-0.4, -0.2) is 18.5 Å². The molecule has 0 saturated carbocycles. The SMILES string of the molecule is CCOc1ccccc1OC(C)C(=O)c1cccc(Cl)c1. The van der Waals surface area contributed by atoms with E-state index < -0.39 is 6.10 Å². The molecule has 0 bridgehead atoms. The van der Waals surface area contributed by atoms with E-state index in [4.69, 9.17) is 21.1 Å². The second kappa shape index (κ2) is 7.14. The first-order chi connectivity index (χ1) is 10.1. The van der Waals surface area contributed by atoms with E-state index in [9.17, 15) is 4.79 Å². The minimum atomic E-state index is -0.620. The maximum absolute atomic E-state index is 12.3. The molecule has 0 amide bonds. The van der Waals surface area contributed by atoms with Gasteiger partial charge in [0.1, 0.15) is 0 Å². The third-order valence-corrected chi connectivity index (χ3v) is 3.17. The van der Waals surface area contributed by atoms with E-state index in [1.54, 1.807) is 37.3 Å². The van der Waals surface area contributed by atoms with Gasteiger partial charge >= 0.3 is 0 Å². The highest BCUT2D eigenvalue weighted by molar-refractivity contribution is 6.31. The predicted molar refractivity (Wildman–Crippen MR) is 83.5 cm³/mol. The molecule has 2 rings (SSSR count). The van der Waals surface area contributed by atoms with Crippen LogP contribution in [0.25, 0.3) is 0 Å². The van der Waals surface area contributed by atoms with Crippen molar-refractivity contribution in [3.63, 3.8) is 0 Å². The standard InChI is InChI=1S/C17H17ClO3/c1-3-20-15-9-4-5-10-16(15)21-12(2)17(19)13-7-6-8-14(18)11-13/h4-12H,3H2,1-2H3. The van der Waals surface area contributed by atoms with Gasteiger partial charge in [0, 0.05) is 10.6 Å². The Hall–Kier alpha value is -2.00. The fourth-order valence-corrected chi connectivity index (χ4v) is 2.13. The summed E-state index contributed by atoms with van der Waals surface area (Å²) in [5, 5.41) is 0.530. The van der Waals surface area contributed by atoms with Gasteiger partial charge in [-0.05, 0) is 38.1 Å². The summed E-state index contributed by atoms with van der Waals surface area (Å²) >= 11 is 5.91. The molecule has 0 aliphatic rings. The molecule has 0 fully saturated rings. The zero-order valence-corrected chi connectivity index (χ0v) is 12.8. The van der Waals surface area contributed by atoms with Crippen molar-refractivity contribution in [1.29, 1.82) is 0 Å². The first-order valence-electron chi connectivity index (χ1n) is 6.80. The molecule has 0 aliphatic carbocycles. The topological polar surface area (TPSA) is 35.5 Å². The van der Waals surface area contributed by atoms with Gasteiger partial charge in [0.15, 0.2) is 17.6 Å². The van der Waals surface area contributed by atoms with E-state index in [1.807, 2.05) is 25.1 Å². The number of hydrogen-bond acceptors (Lipinski definition) is 3. The number of Topliss-reactive ketones (excluding diaryl/α,β-unsaturated/α-hetero) is 1. The summed E-state index contributed by atoms with van der Waals surface area (Å²) in [5.74, 6) is 1.07. The van der Waals surface area contributed by atoms with Gasteiger partial charge in [-0.25, -0.2) is 0 Å². The molecule has 0 N–H and O–H groups in total. The van der Waals surface area contributed by atoms with Crippen molar-refractivity contribution in [3.05, 3.63) is 59.1 Å². The molecule has 0 radical (unpaired) electrons. The first kappa shape index (κ1) is 15.4. The molecule has 4 heteroatoms. The second-order valence-electron chi connectivity index (χ2n) is 4.51. The zero-order chi connectivity index (χ0) is 15.2. The first-order valence-corrected chi connectivity index (χ1v) is 7.18. The molecule has 1 atom stereocenters. The highest BCUT2D eigenvalue weighted by atomic mass is 35.5. The average Bonchev–Trinajstić information content (AvgIpc) is 2.48. The van der Waals surface area contributed by atoms with Crippen LogP contribution in [0.15, 0.2) is 48.5 Å². The van der Waals surface area contributed by atoms with Crippen LogP contribution in [0.3, 0.4) is 0 Å². The van der Waals surface area contributed by atoms with Crippen LogP contribution >= 0.6 is 11.6 Å². The normalized spacial score (nSPS) is 11.8. The maximum atomic E-state index is 12.3. The molecule has 110 valence electrons. The lowest BCUT2D eigenvalue weighted by molar-refractivity contribution is 0.0813. The smallest absolute Gasteiger partial charge is 0.203 e. The van der Waals surface area contributed by atoms with E-state index in [-0.39, 0.29) is 5.78 Å². The van der Waals surface area contributed by atoms with Gasteiger partial charge < -0.3 is 9.47 Å². The molecular formula is C17H17ClO3. The van der Waals surface area contributed by atoms with Gasteiger partial charge in [-0.1, -0.05) is 35.9 Å². The number of ether oxygens (including phenoxy) is 2. The Bertz CT molecular complexity index is 625. The van der Waals surface area contributed by atoms with Crippen LogP contribution in [0.2, 0.25) is 5.02 Å². The lowest BCUT2D eigenvalue weighted by atomic mass is 10.1. The molecule has 3 nitrogen and oxygen atoms in total. The van der Waals surface area contributed by atoms with E-state index in [2.05, 4.69) is 0 Å². The van der Waals surface area contributed by atoms with Crippen LogP contribution in [-0.2, 0) is 0 Å². The molecule has 2 aromatic carbocycles. The number of ketones is 1. The van der Waals surface area contributed by atoms with Crippen LogP contribution in [0.4, 0.5) is 0 Å². The van der Waals surface area contributed by atoms with E-state index in [0.29, 0.717) is 28.7 Å². The quantitative estimate of drug-likeness (QED) is 0.743. The summed E-state index contributed by atoms with van der Waals surface area (Å²) in [7, 11) is 0. The lowest BCUT2D eigenvalue weighted by Crippen LogP contribution is -2.24. The fourth-order valence-electron chi connectivity index (χ4n) is 1.94. The van der Waals surface area contributed by atoms with Crippen LogP contribution in [0.1, 0.15) is 24.2 Å². The van der Waals surface area contributed by atoms with Gasteiger partial charge in [0.05, 0.1) is 6.61 Å². The van der Waals surface area contributed by atoms with Crippen LogP contribution in [0.5, 0.6) is 11.5 Å². The van der Waals surface area contributed by atoms with Crippen molar-refractivity contribution in [1.82, 2.24) is 0 Å². The molecule has 0 saturated heterocycles. The minimum absolute atomic E-state index is 0.121. The number of halogens is 1. The highest BCUT2D eigenvalue weighted by Gasteiger charge is 2.18. The van der Waals surface area contributed by atoms with E-state index in [0.717, 1.165) is 0 Å². The Balaban J connectivity index is 2.14. The summed E-state index contributed by atoms with van der Waals surface area (Å²) in [6.07, 6.45) is -0.620. The Morgan fingerprint density at radius 2 is 1.86 bits per heavy atom. The summed E-state index contributed by atoms with van der Waals surface area (Å²) in [6.45, 7) is 4.15. The molecule has 0 aliphatic heterocycles. The monoisotopic (exact) mass is 304 g/mol. The molecular weight excluding hydrogens is 288 g/mol. The highest BCUT2D eigenvalue weighted by Crippen LogP contribution is 2.28. The Kier molecular flexibility index (Phi) is 5.23. The number of carbonyl (C=O) groups excluding carboxylic acids is 1. The van der Waals surface area contributed by atoms with Gasteiger partial charge in [-0.2, -0.15) is 0 Å². The predicted octanol–water partition coefficient (Wildman–Crippen LogP) is 4.39. The van der Waals surface area contributed by atoms with Crippen molar-refractivity contribution in [2.24, 2.45) is 0 Å². The van der Waals surface area contributed by atoms with Gasteiger partial charge in [-0.3, -0.25) is 4.79 Å². The molecule has 21 heavy (non-hydrogen) atoms. The second-order valence-corrected chi connectivity index (χ2v) is 4.95. The van der Waals surface area contributed by atoms with Crippen LogP contribution in [0, 0.1) is 0 Å². The summed E-state index contributed by atoms with van der Waals surface area (Å²) in [4.78, 5) is 12.3. The minimum Gasteiger partial charge on any atom is -0.490 e. The molecule has 0 aromatic heterocycles. The van der Waals surface area contributed by atoms with E-state index >= 15 is 0 Å². The molecule has 0 spiro atoms. The summed E-state index contributed by atoms with van der Waals surface area (Å²) in [6, 6.07) is 14.1. The number of hydrogen-bond donors (Lipinski definition) is 0. The van der Waals surface area contributed by atoms with Gasteiger partial charge in [0.25, 0.3) is 0 Å². The third-order valence-electron chi connectivity index (χ3n) is 2.93. The number of rotatable bonds is 6. The van der Waals surface area contributed by atoms with Gasteiger partial charge in [0.2, 0.25) is 5.78 Å². The van der Waals surface area contributed by atoms with Crippen molar-refractivity contribution in [2.75, 3.05) is 6.61 Å². The third kappa shape index (κ3) is 3.99. The number of benzene rings is 2. The van der Waals surface area contributed by atoms with E-state index in [1.165, 1.54) is 0 Å². The van der Waals surface area contributed by atoms with Gasteiger partial charge in [-0.15, -0.1) is 0 Å².